The zero-order chi connectivity index (χ0) is 12.2. The van der Waals surface area contributed by atoms with E-state index in [1.54, 1.807) is 0 Å². The molecule has 2 fully saturated rings. The quantitative estimate of drug-likeness (QED) is 0.857. The van der Waals surface area contributed by atoms with Crippen molar-refractivity contribution in [2.45, 2.75) is 31.7 Å². The summed E-state index contributed by atoms with van der Waals surface area (Å²) < 4.78 is 0. The van der Waals surface area contributed by atoms with E-state index in [1.165, 1.54) is 50.9 Å². The number of rotatable bonds is 5. The third kappa shape index (κ3) is 3.33. The maximum absolute atomic E-state index is 3.64. The van der Waals surface area contributed by atoms with Crippen LogP contribution in [0, 0.1) is 5.92 Å². The van der Waals surface area contributed by atoms with Gasteiger partial charge in [0.05, 0.1) is 0 Å². The molecule has 1 saturated heterocycles. The minimum absolute atomic E-state index is 0.529. The predicted molar refractivity (Wildman–Crippen MR) is 75.6 cm³/mol. The first-order chi connectivity index (χ1) is 8.92. The van der Waals surface area contributed by atoms with E-state index >= 15 is 0 Å². The van der Waals surface area contributed by atoms with Crippen molar-refractivity contribution in [2.75, 3.05) is 26.2 Å². The fourth-order valence-electron chi connectivity index (χ4n) is 2.93. The first kappa shape index (κ1) is 12.2. The van der Waals surface area contributed by atoms with Crippen LogP contribution in [0.5, 0.6) is 0 Å². The van der Waals surface area contributed by atoms with E-state index in [-0.39, 0.29) is 0 Å². The van der Waals surface area contributed by atoms with Gasteiger partial charge in [-0.1, -0.05) is 43.2 Å². The topological polar surface area (TPSA) is 15.3 Å². The second-order valence-corrected chi connectivity index (χ2v) is 5.80. The van der Waals surface area contributed by atoms with Gasteiger partial charge in [-0.2, -0.15) is 0 Å². The van der Waals surface area contributed by atoms with Gasteiger partial charge in [-0.25, -0.2) is 0 Å². The summed E-state index contributed by atoms with van der Waals surface area (Å²) >= 11 is 0. The summed E-state index contributed by atoms with van der Waals surface area (Å²) in [7, 11) is 0. The van der Waals surface area contributed by atoms with Crippen molar-refractivity contribution >= 4 is 0 Å². The second kappa shape index (κ2) is 5.85. The number of nitrogens with one attached hydrogen (secondary N) is 1. The third-order valence-corrected chi connectivity index (χ3v) is 4.25. The van der Waals surface area contributed by atoms with Crippen molar-refractivity contribution in [1.82, 2.24) is 10.2 Å². The molecule has 1 aromatic carbocycles. The van der Waals surface area contributed by atoms with E-state index in [0.29, 0.717) is 6.04 Å². The van der Waals surface area contributed by atoms with Crippen LogP contribution < -0.4 is 5.32 Å². The van der Waals surface area contributed by atoms with Crippen LogP contribution in [-0.2, 0) is 0 Å². The number of benzene rings is 1. The van der Waals surface area contributed by atoms with Crippen LogP contribution >= 0.6 is 0 Å². The summed E-state index contributed by atoms with van der Waals surface area (Å²) in [5.41, 5.74) is 1.43. The monoisotopic (exact) mass is 244 g/mol. The molecule has 1 aromatic rings. The highest BCUT2D eigenvalue weighted by Gasteiger charge is 2.23. The van der Waals surface area contributed by atoms with Crippen LogP contribution in [0.15, 0.2) is 30.3 Å². The Kier molecular flexibility index (Phi) is 3.96. The molecule has 98 valence electrons. The molecule has 2 nitrogen and oxygen atoms in total. The minimum atomic E-state index is 0.529. The smallest absolute Gasteiger partial charge is 0.0449 e. The van der Waals surface area contributed by atoms with Gasteiger partial charge in [0.25, 0.3) is 0 Å². The van der Waals surface area contributed by atoms with Crippen LogP contribution in [-0.4, -0.2) is 31.1 Å². The van der Waals surface area contributed by atoms with Gasteiger partial charge in [0, 0.05) is 25.7 Å². The van der Waals surface area contributed by atoms with Gasteiger partial charge < -0.3 is 10.2 Å². The minimum Gasteiger partial charge on any atom is -0.308 e. The number of nitrogens with zero attached hydrogens (tertiary/aromatic N) is 1. The van der Waals surface area contributed by atoms with Crippen molar-refractivity contribution in [2.24, 2.45) is 5.92 Å². The summed E-state index contributed by atoms with van der Waals surface area (Å²) in [4.78, 5) is 2.64. The highest BCUT2D eigenvalue weighted by atomic mass is 15.2. The lowest BCUT2D eigenvalue weighted by Gasteiger charge is -2.34. The van der Waals surface area contributed by atoms with Crippen molar-refractivity contribution in [1.29, 1.82) is 0 Å². The normalized spacial score (nSPS) is 25.2. The predicted octanol–water partition coefficient (Wildman–Crippen LogP) is 2.82. The summed E-state index contributed by atoms with van der Waals surface area (Å²) in [6.45, 7) is 4.81. The van der Waals surface area contributed by atoms with Crippen molar-refractivity contribution < 1.29 is 0 Å². The van der Waals surface area contributed by atoms with E-state index in [2.05, 4.69) is 40.5 Å². The molecule has 1 unspecified atom stereocenters. The number of hydrogen-bond donors (Lipinski definition) is 1. The molecule has 0 aromatic heterocycles. The van der Waals surface area contributed by atoms with Gasteiger partial charge in [0.1, 0.15) is 0 Å². The Morgan fingerprint density at radius 1 is 1.17 bits per heavy atom. The Morgan fingerprint density at radius 2 is 2.00 bits per heavy atom. The molecule has 18 heavy (non-hydrogen) atoms. The fraction of sp³-hybridized carbons (Fsp3) is 0.625. The lowest BCUT2D eigenvalue weighted by Crippen LogP contribution is -2.46. The van der Waals surface area contributed by atoms with Crippen molar-refractivity contribution in [3.63, 3.8) is 0 Å². The Bertz CT molecular complexity index is 359. The average Bonchev–Trinajstić information content (AvgIpc) is 3.24. The molecule has 2 aliphatic rings. The number of piperazine rings is 1. The lowest BCUT2D eigenvalue weighted by molar-refractivity contribution is 0.196. The van der Waals surface area contributed by atoms with Gasteiger partial charge >= 0.3 is 0 Å². The van der Waals surface area contributed by atoms with Gasteiger partial charge in [-0.05, 0) is 30.9 Å². The van der Waals surface area contributed by atoms with Crippen LogP contribution in [0.4, 0.5) is 0 Å². The first-order valence-electron chi connectivity index (χ1n) is 7.42. The van der Waals surface area contributed by atoms with Gasteiger partial charge in [0.2, 0.25) is 0 Å². The standard InChI is InChI=1S/C16H24N2/c1-2-6-15(7-3-1)16-13-18(12-10-17-16)11-4-5-14-8-9-14/h1-3,6-7,14,16-17H,4-5,8-13H2. The zero-order valence-corrected chi connectivity index (χ0v) is 11.1. The molecule has 1 atom stereocenters. The van der Waals surface area contributed by atoms with Crippen LogP contribution in [0.3, 0.4) is 0 Å². The summed E-state index contributed by atoms with van der Waals surface area (Å²) in [6.07, 6.45) is 5.84. The molecule has 1 aliphatic carbocycles. The van der Waals surface area contributed by atoms with Crippen molar-refractivity contribution in [3.8, 4) is 0 Å². The molecule has 1 aliphatic heterocycles. The van der Waals surface area contributed by atoms with E-state index in [4.69, 9.17) is 0 Å². The summed E-state index contributed by atoms with van der Waals surface area (Å²) in [5, 5.41) is 3.64. The fourth-order valence-corrected chi connectivity index (χ4v) is 2.93. The Morgan fingerprint density at radius 3 is 2.78 bits per heavy atom. The molecule has 2 heteroatoms. The molecule has 0 spiro atoms. The van der Waals surface area contributed by atoms with E-state index in [0.717, 1.165) is 12.5 Å². The summed E-state index contributed by atoms with van der Waals surface area (Å²) in [6, 6.07) is 11.4. The molecule has 0 amide bonds. The highest BCUT2D eigenvalue weighted by molar-refractivity contribution is 5.19. The molecule has 0 radical (unpaired) electrons. The zero-order valence-electron chi connectivity index (χ0n) is 11.1. The van der Waals surface area contributed by atoms with E-state index in [1.807, 2.05) is 0 Å². The maximum atomic E-state index is 3.64. The Hall–Kier alpha value is -0.860. The highest BCUT2D eigenvalue weighted by Crippen LogP contribution is 2.33. The van der Waals surface area contributed by atoms with Gasteiger partial charge in [0.15, 0.2) is 0 Å². The average molecular weight is 244 g/mol. The Labute approximate surface area is 110 Å². The molecule has 0 bridgehead atoms. The summed E-state index contributed by atoms with van der Waals surface area (Å²) in [5.74, 6) is 1.08. The molecule has 3 rings (SSSR count). The maximum Gasteiger partial charge on any atom is 0.0449 e. The first-order valence-corrected chi connectivity index (χ1v) is 7.42. The third-order valence-electron chi connectivity index (χ3n) is 4.25. The van der Waals surface area contributed by atoms with Gasteiger partial charge in [-0.15, -0.1) is 0 Å². The van der Waals surface area contributed by atoms with Crippen LogP contribution in [0.25, 0.3) is 0 Å². The molecular weight excluding hydrogens is 220 g/mol. The molecule has 1 N–H and O–H groups in total. The Balaban J connectivity index is 1.48. The van der Waals surface area contributed by atoms with E-state index < -0.39 is 0 Å². The largest absolute Gasteiger partial charge is 0.308 e. The van der Waals surface area contributed by atoms with Gasteiger partial charge in [-0.3, -0.25) is 0 Å². The molecule has 1 saturated carbocycles. The van der Waals surface area contributed by atoms with Crippen LogP contribution in [0.1, 0.15) is 37.3 Å². The lowest BCUT2D eigenvalue weighted by atomic mass is 10.0. The SMILES string of the molecule is c1ccc(C2CN(CCCC3CC3)CCN2)cc1. The number of hydrogen-bond acceptors (Lipinski definition) is 2. The van der Waals surface area contributed by atoms with Crippen molar-refractivity contribution in [3.05, 3.63) is 35.9 Å². The van der Waals surface area contributed by atoms with E-state index in [9.17, 15) is 0 Å². The van der Waals surface area contributed by atoms with Crippen LogP contribution in [0.2, 0.25) is 0 Å². The second-order valence-electron chi connectivity index (χ2n) is 5.80. The molecule has 1 heterocycles. The molecular formula is C16H24N2.